The van der Waals surface area contributed by atoms with Gasteiger partial charge in [0.25, 0.3) is 0 Å². The lowest BCUT2D eigenvalue weighted by Gasteiger charge is -2.46. The number of amides is 2. The van der Waals surface area contributed by atoms with E-state index in [0.29, 0.717) is 0 Å². The van der Waals surface area contributed by atoms with E-state index >= 15 is 0 Å². The summed E-state index contributed by atoms with van der Waals surface area (Å²) in [4.78, 5) is 34.2. The second-order valence-electron chi connectivity index (χ2n) is 12.6. The zero-order chi connectivity index (χ0) is 33.6. The van der Waals surface area contributed by atoms with E-state index in [-0.39, 0.29) is 18.7 Å². The zero-order valence-electron chi connectivity index (χ0n) is 25.6. The molecule has 2 aliphatic rings. The second kappa shape index (κ2) is 15.2. The van der Waals surface area contributed by atoms with Gasteiger partial charge < -0.3 is 44.5 Å². The molecule has 1 aliphatic carbocycles. The van der Waals surface area contributed by atoms with Crippen LogP contribution in [0.4, 0.5) is 9.59 Å². The van der Waals surface area contributed by atoms with Gasteiger partial charge in [0.2, 0.25) is 0 Å². The Balaban J connectivity index is 2.37. The van der Waals surface area contributed by atoms with Gasteiger partial charge in [0, 0.05) is 16.2 Å². The number of aliphatic hydroxyl groups excluding tert-OH is 5. The van der Waals surface area contributed by atoms with E-state index in [2.05, 4.69) is 30.4 Å². The van der Waals surface area contributed by atoms with Crippen LogP contribution in [0.15, 0.2) is 15.2 Å². The number of amidine groups is 1. The maximum atomic E-state index is 12.5. The lowest BCUT2D eigenvalue weighted by atomic mass is 9.77. The van der Waals surface area contributed by atoms with Crippen molar-refractivity contribution in [3.63, 3.8) is 0 Å². The number of hydrogen-bond donors (Lipinski definition) is 6. The van der Waals surface area contributed by atoms with Crippen molar-refractivity contribution < 1.29 is 54.1 Å². The summed E-state index contributed by atoms with van der Waals surface area (Å²) in [6, 6.07) is -2.76. The number of carbonyl (C=O) groups excluding carboxylic acids is 2. The van der Waals surface area contributed by atoms with Crippen molar-refractivity contribution in [2.24, 2.45) is 21.1 Å². The third kappa shape index (κ3) is 10.4. The third-order valence-corrected chi connectivity index (χ3v) is 6.57. The molecule has 11 atom stereocenters. The first-order valence-electron chi connectivity index (χ1n) is 13.9. The van der Waals surface area contributed by atoms with E-state index in [1.807, 2.05) is 0 Å². The highest BCUT2D eigenvalue weighted by molar-refractivity contribution is 6.00. The van der Waals surface area contributed by atoms with Crippen molar-refractivity contribution in [3.8, 4) is 0 Å². The molecule has 1 saturated heterocycles. The van der Waals surface area contributed by atoms with Gasteiger partial charge in [-0.15, -0.1) is 0 Å². The smallest absolute Gasteiger partial charge is 0.435 e. The van der Waals surface area contributed by atoms with Crippen molar-refractivity contribution >= 4 is 18.0 Å². The minimum atomic E-state index is -1.79. The van der Waals surface area contributed by atoms with Gasteiger partial charge in [-0.05, 0) is 71.9 Å². The predicted molar refractivity (Wildman–Crippen MR) is 151 cm³/mol. The molecule has 0 radical (unpaired) electrons. The van der Waals surface area contributed by atoms with E-state index in [4.69, 9.17) is 24.5 Å². The first-order valence-corrected chi connectivity index (χ1v) is 13.9. The Labute approximate surface area is 253 Å². The van der Waals surface area contributed by atoms with Crippen LogP contribution in [-0.2, 0) is 18.9 Å². The molecule has 0 aromatic carbocycles. The second-order valence-corrected chi connectivity index (χ2v) is 12.6. The predicted octanol–water partition coefficient (Wildman–Crippen LogP) is 1.55. The molecule has 2 fully saturated rings. The van der Waals surface area contributed by atoms with Crippen molar-refractivity contribution in [2.45, 2.75) is 134 Å². The quantitative estimate of drug-likeness (QED) is 0.0770. The van der Waals surface area contributed by atoms with Gasteiger partial charge in [0.15, 0.2) is 6.29 Å². The standard InChI is InChI=1S/C25H42N8O11/c1-10(34)19-18(38)16(36)14(31-33-27)21(41-19)42-20-12(30-32-26)8-11(15(35)17(20)37)9-13(28-22(39)43-24(2,3)4)29-23(40)44-25(5,6)7/h10-12,14-21,34-38H,8-9H2,1-7H3,(H,28,29,39,40)/t10-,11+,12?,14?,15?,16-,17-,18+,19?,20-,21-/m1/s1. The lowest BCUT2D eigenvalue weighted by molar-refractivity contribution is -0.302. The number of nitrogens with zero attached hydrogens (tertiary/aromatic N) is 7. The minimum absolute atomic E-state index is 0.180. The highest BCUT2D eigenvalue weighted by Crippen LogP contribution is 2.35. The molecule has 1 aliphatic heterocycles. The van der Waals surface area contributed by atoms with E-state index in [0.717, 1.165) is 0 Å². The fourth-order valence-corrected chi connectivity index (χ4v) is 4.75. The Bertz CT molecular complexity index is 1140. The van der Waals surface area contributed by atoms with Crippen molar-refractivity contribution in [1.82, 2.24) is 5.32 Å². The Kier molecular flexibility index (Phi) is 12.7. The topological polar surface area (TPSA) is 294 Å². The highest BCUT2D eigenvalue weighted by atomic mass is 16.7. The van der Waals surface area contributed by atoms with Gasteiger partial charge in [-0.25, -0.2) is 9.59 Å². The Morgan fingerprint density at radius 1 is 0.955 bits per heavy atom. The van der Waals surface area contributed by atoms with Gasteiger partial charge in [0.1, 0.15) is 41.4 Å². The summed E-state index contributed by atoms with van der Waals surface area (Å²) in [5, 5.41) is 62.5. The van der Waals surface area contributed by atoms with Gasteiger partial charge in [0.05, 0.1) is 30.5 Å². The lowest BCUT2D eigenvalue weighted by Crippen LogP contribution is -2.63. The molecule has 0 spiro atoms. The first kappa shape index (κ1) is 36.9. The molecule has 2 rings (SSSR count). The van der Waals surface area contributed by atoms with E-state index < -0.39 is 90.4 Å². The van der Waals surface area contributed by atoms with E-state index in [1.165, 1.54) is 6.92 Å². The Morgan fingerprint density at radius 3 is 2.07 bits per heavy atom. The summed E-state index contributed by atoms with van der Waals surface area (Å²) in [5.41, 5.74) is 16.4. The molecule has 2 amide bonds. The molecule has 6 N–H and O–H groups in total. The molecule has 0 aromatic heterocycles. The monoisotopic (exact) mass is 630 g/mol. The number of alkyl carbamates (subject to hydrolysis) is 1. The number of aliphatic imine (C=N–C) groups is 1. The summed E-state index contributed by atoms with van der Waals surface area (Å²) in [7, 11) is 0. The molecule has 0 aromatic rings. The van der Waals surface area contributed by atoms with Crippen LogP contribution >= 0.6 is 0 Å². The Morgan fingerprint density at radius 2 is 1.55 bits per heavy atom. The van der Waals surface area contributed by atoms with Crippen molar-refractivity contribution in [3.05, 3.63) is 20.9 Å². The summed E-state index contributed by atoms with van der Waals surface area (Å²) in [6.45, 7) is 11.0. The number of carbonyl (C=O) groups is 2. The maximum absolute atomic E-state index is 12.5. The molecule has 19 nitrogen and oxygen atoms in total. The number of nitrogens with one attached hydrogen (secondary N) is 1. The molecule has 4 unspecified atom stereocenters. The zero-order valence-corrected chi connectivity index (χ0v) is 25.6. The average molecular weight is 631 g/mol. The maximum Gasteiger partial charge on any atom is 0.435 e. The SMILES string of the molecule is C[C@@H](O)C1O[C@H](O[C@@H]2C(N=[N+]=[N-])C[C@@H](CC(=NC(=O)OC(C)(C)C)NC(=O)OC(C)(C)C)C(O)[C@H]2O)C(N=[N+]=[N-])[C@@H](O)[C@@H]1O. The normalized spacial score (nSPS) is 33.7. The van der Waals surface area contributed by atoms with Crippen LogP contribution in [0.3, 0.4) is 0 Å². The van der Waals surface area contributed by atoms with Gasteiger partial charge >= 0.3 is 12.2 Å². The highest BCUT2D eigenvalue weighted by Gasteiger charge is 2.51. The molecule has 19 heteroatoms. The fourth-order valence-electron chi connectivity index (χ4n) is 4.75. The summed E-state index contributed by atoms with van der Waals surface area (Å²) < 4.78 is 21.8. The number of hydrogen-bond acceptors (Lipinski definition) is 13. The van der Waals surface area contributed by atoms with Crippen LogP contribution in [-0.4, -0.2) is 116 Å². The number of aliphatic hydroxyl groups is 5. The average Bonchev–Trinajstić information content (AvgIpc) is 2.86. The van der Waals surface area contributed by atoms with Gasteiger partial charge in [-0.1, -0.05) is 10.2 Å². The van der Waals surface area contributed by atoms with Crippen molar-refractivity contribution in [1.29, 1.82) is 0 Å². The third-order valence-electron chi connectivity index (χ3n) is 6.57. The van der Waals surface area contributed by atoms with Gasteiger partial charge in [-0.3, -0.25) is 5.32 Å². The largest absolute Gasteiger partial charge is 0.444 e. The summed E-state index contributed by atoms with van der Waals surface area (Å²) in [5.74, 6) is -1.24. The van der Waals surface area contributed by atoms with Gasteiger partial charge in [-0.2, -0.15) is 4.99 Å². The van der Waals surface area contributed by atoms with E-state index in [1.54, 1.807) is 41.5 Å². The van der Waals surface area contributed by atoms with Crippen LogP contribution in [0.1, 0.15) is 61.3 Å². The molecular formula is C25H42N8O11. The van der Waals surface area contributed by atoms with Crippen molar-refractivity contribution in [2.75, 3.05) is 0 Å². The van der Waals surface area contributed by atoms with Crippen LogP contribution < -0.4 is 5.32 Å². The molecule has 1 heterocycles. The number of ether oxygens (including phenoxy) is 4. The van der Waals surface area contributed by atoms with Crippen LogP contribution in [0.5, 0.6) is 0 Å². The minimum Gasteiger partial charge on any atom is -0.444 e. The molecular weight excluding hydrogens is 588 g/mol. The van der Waals surface area contributed by atoms with Crippen LogP contribution in [0.25, 0.3) is 20.9 Å². The number of azide groups is 2. The fraction of sp³-hybridized carbons (Fsp3) is 0.880. The molecule has 44 heavy (non-hydrogen) atoms. The van der Waals surface area contributed by atoms with Crippen LogP contribution in [0, 0.1) is 5.92 Å². The number of rotatable bonds is 7. The first-order chi connectivity index (χ1) is 20.3. The molecule has 0 bridgehead atoms. The summed E-state index contributed by atoms with van der Waals surface area (Å²) in [6.07, 6.45) is -15.2. The molecule has 1 saturated carbocycles. The van der Waals surface area contributed by atoms with Crippen LogP contribution in [0.2, 0.25) is 0 Å². The Hall–Kier alpha value is -3.25. The summed E-state index contributed by atoms with van der Waals surface area (Å²) >= 11 is 0. The van der Waals surface area contributed by atoms with E-state index in [9.17, 15) is 40.7 Å². The molecule has 248 valence electrons.